The molecular formula is C22H26N4O. The zero-order chi connectivity index (χ0) is 19.2. The summed E-state index contributed by atoms with van der Waals surface area (Å²) in [5.74, 6) is 0.724. The Balaban J connectivity index is 1.58. The van der Waals surface area contributed by atoms with Crippen LogP contribution in [0, 0.1) is 6.92 Å². The molecule has 1 N–H and O–H groups in total. The van der Waals surface area contributed by atoms with Crippen LogP contribution in [-0.2, 0) is 17.8 Å². The van der Waals surface area contributed by atoms with Crippen molar-refractivity contribution in [2.45, 2.75) is 26.3 Å². The minimum absolute atomic E-state index is 0.00112. The Hall–Kier alpha value is -3.08. The summed E-state index contributed by atoms with van der Waals surface area (Å²) < 4.78 is 1.81. The van der Waals surface area contributed by atoms with Gasteiger partial charge in [0.1, 0.15) is 5.82 Å². The van der Waals surface area contributed by atoms with Gasteiger partial charge in [-0.05, 0) is 36.6 Å². The van der Waals surface area contributed by atoms with E-state index >= 15 is 0 Å². The normalized spacial score (nSPS) is 10.6. The van der Waals surface area contributed by atoms with Crippen LogP contribution in [0.4, 0.5) is 11.5 Å². The number of anilines is 2. The first kappa shape index (κ1) is 18.7. The van der Waals surface area contributed by atoms with Gasteiger partial charge in [-0.15, -0.1) is 0 Å². The van der Waals surface area contributed by atoms with Gasteiger partial charge in [0.05, 0.1) is 12.7 Å². The summed E-state index contributed by atoms with van der Waals surface area (Å²) in [7, 11) is 4.04. The number of nitrogens with zero attached hydrogens (tertiary/aromatic N) is 3. The van der Waals surface area contributed by atoms with E-state index in [1.54, 1.807) is 6.20 Å². The Kier molecular flexibility index (Phi) is 5.91. The summed E-state index contributed by atoms with van der Waals surface area (Å²) in [6.45, 7) is 2.68. The van der Waals surface area contributed by atoms with E-state index in [0.717, 1.165) is 23.5 Å². The summed E-state index contributed by atoms with van der Waals surface area (Å²) in [4.78, 5) is 14.4. The van der Waals surface area contributed by atoms with Crippen molar-refractivity contribution in [3.05, 3.63) is 77.5 Å². The highest BCUT2D eigenvalue weighted by Gasteiger charge is 2.08. The maximum atomic E-state index is 12.3. The maximum absolute atomic E-state index is 12.3. The lowest BCUT2D eigenvalue weighted by atomic mass is 10.1. The second-order valence-electron chi connectivity index (χ2n) is 6.97. The van der Waals surface area contributed by atoms with E-state index in [4.69, 9.17) is 0 Å². The predicted molar refractivity (Wildman–Crippen MR) is 110 cm³/mol. The van der Waals surface area contributed by atoms with Gasteiger partial charge in [0.2, 0.25) is 5.91 Å². The SMILES string of the molecule is Cc1cccc(CCC(=O)Nc2ccnn2Cc2ccc(N(C)C)cc2)c1. The molecule has 27 heavy (non-hydrogen) atoms. The van der Waals surface area contributed by atoms with Crippen LogP contribution in [-0.4, -0.2) is 29.8 Å². The Labute approximate surface area is 160 Å². The first-order chi connectivity index (χ1) is 13.0. The van der Waals surface area contributed by atoms with Gasteiger partial charge in [0.25, 0.3) is 0 Å². The third-order valence-corrected chi connectivity index (χ3v) is 4.49. The topological polar surface area (TPSA) is 50.2 Å². The van der Waals surface area contributed by atoms with Crippen molar-refractivity contribution in [3.8, 4) is 0 Å². The van der Waals surface area contributed by atoms with Gasteiger partial charge in [-0.25, -0.2) is 4.68 Å². The summed E-state index contributed by atoms with van der Waals surface area (Å²) in [5.41, 5.74) is 4.69. The highest BCUT2D eigenvalue weighted by atomic mass is 16.1. The predicted octanol–water partition coefficient (Wildman–Crippen LogP) is 3.88. The van der Waals surface area contributed by atoms with Crippen LogP contribution in [0.3, 0.4) is 0 Å². The first-order valence-corrected chi connectivity index (χ1v) is 9.15. The summed E-state index contributed by atoms with van der Waals surface area (Å²) in [5, 5.41) is 7.32. The zero-order valence-corrected chi connectivity index (χ0v) is 16.1. The molecular weight excluding hydrogens is 336 g/mol. The molecule has 0 saturated carbocycles. The number of hydrogen-bond donors (Lipinski definition) is 1. The second kappa shape index (κ2) is 8.54. The van der Waals surface area contributed by atoms with E-state index in [1.165, 1.54) is 11.1 Å². The van der Waals surface area contributed by atoms with Crippen LogP contribution in [0.2, 0.25) is 0 Å². The molecule has 0 bridgehead atoms. The molecule has 0 spiro atoms. The van der Waals surface area contributed by atoms with E-state index in [0.29, 0.717) is 13.0 Å². The molecule has 0 atom stereocenters. The number of nitrogens with one attached hydrogen (secondary N) is 1. The fourth-order valence-electron chi connectivity index (χ4n) is 2.97. The number of hydrogen-bond acceptors (Lipinski definition) is 3. The van der Waals surface area contributed by atoms with Crippen molar-refractivity contribution in [1.82, 2.24) is 9.78 Å². The molecule has 3 rings (SSSR count). The molecule has 140 valence electrons. The van der Waals surface area contributed by atoms with Crippen molar-refractivity contribution in [1.29, 1.82) is 0 Å². The third-order valence-electron chi connectivity index (χ3n) is 4.49. The minimum Gasteiger partial charge on any atom is -0.378 e. The summed E-state index contributed by atoms with van der Waals surface area (Å²) in [6, 6.07) is 18.4. The lowest BCUT2D eigenvalue weighted by Gasteiger charge is -2.13. The second-order valence-corrected chi connectivity index (χ2v) is 6.97. The van der Waals surface area contributed by atoms with Crippen molar-refractivity contribution < 1.29 is 4.79 Å². The third kappa shape index (κ3) is 5.20. The Bertz CT molecular complexity index is 897. The molecule has 0 aliphatic rings. The minimum atomic E-state index is 0.00112. The number of amides is 1. The molecule has 0 aliphatic heterocycles. The lowest BCUT2D eigenvalue weighted by molar-refractivity contribution is -0.116. The standard InChI is InChI=1S/C22H26N4O/c1-17-5-4-6-18(15-17)9-12-22(27)24-21-13-14-23-26(21)16-19-7-10-20(11-8-19)25(2)3/h4-8,10-11,13-15H,9,12,16H2,1-3H3,(H,24,27). The van der Waals surface area contributed by atoms with E-state index in [9.17, 15) is 4.79 Å². The molecule has 0 saturated heterocycles. The van der Waals surface area contributed by atoms with Crippen LogP contribution in [0.15, 0.2) is 60.8 Å². The van der Waals surface area contributed by atoms with Crippen molar-refractivity contribution in [2.24, 2.45) is 0 Å². The average molecular weight is 362 g/mol. The first-order valence-electron chi connectivity index (χ1n) is 9.15. The van der Waals surface area contributed by atoms with Crippen LogP contribution < -0.4 is 10.2 Å². The summed E-state index contributed by atoms with van der Waals surface area (Å²) in [6.07, 6.45) is 2.89. The molecule has 1 aromatic heterocycles. The Morgan fingerprint density at radius 3 is 2.56 bits per heavy atom. The quantitative estimate of drug-likeness (QED) is 0.694. The van der Waals surface area contributed by atoms with Gasteiger partial charge in [-0.1, -0.05) is 42.0 Å². The number of carbonyl (C=O) groups is 1. The largest absolute Gasteiger partial charge is 0.378 e. The Morgan fingerprint density at radius 1 is 1.07 bits per heavy atom. The van der Waals surface area contributed by atoms with E-state index in [-0.39, 0.29) is 5.91 Å². The number of benzene rings is 2. The number of aromatic nitrogens is 2. The zero-order valence-electron chi connectivity index (χ0n) is 16.1. The monoisotopic (exact) mass is 362 g/mol. The fourth-order valence-corrected chi connectivity index (χ4v) is 2.97. The van der Waals surface area contributed by atoms with Crippen LogP contribution in [0.1, 0.15) is 23.1 Å². The average Bonchev–Trinajstić information content (AvgIpc) is 3.07. The molecule has 0 aliphatic carbocycles. The Morgan fingerprint density at radius 2 is 1.85 bits per heavy atom. The van der Waals surface area contributed by atoms with E-state index in [1.807, 2.05) is 30.9 Å². The smallest absolute Gasteiger partial charge is 0.225 e. The molecule has 2 aromatic carbocycles. The van der Waals surface area contributed by atoms with Gasteiger partial charge < -0.3 is 10.2 Å². The molecule has 1 heterocycles. The van der Waals surface area contributed by atoms with Gasteiger partial charge in [0.15, 0.2) is 0 Å². The highest BCUT2D eigenvalue weighted by Crippen LogP contribution is 2.15. The van der Waals surface area contributed by atoms with Gasteiger partial charge in [-0.2, -0.15) is 5.10 Å². The van der Waals surface area contributed by atoms with Gasteiger partial charge in [-0.3, -0.25) is 4.79 Å². The molecule has 5 heteroatoms. The molecule has 0 radical (unpaired) electrons. The number of rotatable bonds is 7. The molecule has 5 nitrogen and oxygen atoms in total. The molecule has 0 fully saturated rings. The van der Waals surface area contributed by atoms with Gasteiger partial charge >= 0.3 is 0 Å². The van der Waals surface area contributed by atoms with Crippen LogP contribution >= 0.6 is 0 Å². The lowest BCUT2D eigenvalue weighted by Crippen LogP contribution is -2.16. The molecule has 0 unspecified atom stereocenters. The number of carbonyl (C=O) groups excluding carboxylic acids is 1. The van der Waals surface area contributed by atoms with E-state index < -0.39 is 0 Å². The van der Waals surface area contributed by atoms with Crippen molar-refractivity contribution in [3.63, 3.8) is 0 Å². The maximum Gasteiger partial charge on any atom is 0.225 e. The van der Waals surface area contributed by atoms with Crippen LogP contribution in [0.25, 0.3) is 0 Å². The van der Waals surface area contributed by atoms with Crippen LogP contribution in [0.5, 0.6) is 0 Å². The summed E-state index contributed by atoms with van der Waals surface area (Å²) >= 11 is 0. The highest BCUT2D eigenvalue weighted by molar-refractivity contribution is 5.89. The molecule has 1 amide bonds. The van der Waals surface area contributed by atoms with Crippen molar-refractivity contribution >= 4 is 17.4 Å². The number of aryl methyl sites for hydroxylation is 2. The van der Waals surface area contributed by atoms with Gasteiger partial charge in [0, 0.05) is 32.3 Å². The van der Waals surface area contributed by atoms with Crippen molar-refractivity contribution in [2.75, 3.05) is 24.3 Å². The fraction of sp³-hybridized carbons (Fsp3) is 0.273. The van der Waals surface area contributed by atoms with E-state index in [2.05, 4.69) is 64.7 Å². The molecule has 3 aromatic rings.